The van der Waals surface area contributed by atoms with E-state index in [0.717, 1.165) is 51.7 Å². The lowest BCUT2D eigenvalue weighted by Crippen LogP contribution is -2.40. The highest BCUT2D eigenvalue weighted by Gasteiger charge is 2.29. The Bertz CT molecular complexity index is 1270. The molecule has 2 aromatic rings. The second-order valence-corrected chi connectivity index (χ2v) is 12.9. The number of nitrogens with zero attached hydrogens (tertiary/aromatic N) is 4. The van der Waals surface area contributed by atoms with Crippen LogP contribution in [0.1, 0.15) is 63.2 Å². The van der Waals surface area contributed by atoms with E-state index >= 15 is 0 Å². The molecule has 1 saturated heterocycles. The number of anilines is 1. The molecule has 1 aliphatic heterocycles. The molecule has 1 amide bonds. The summed E-state index contributed by atoms with van der Waals surface area (Å²) in [6.07, 6.45) is 8.90. The smallest absolute Gasteiger partial charge is 0.257 e. The fraction of sp³-hybridized carbons (Fsp3) is 0.607. The van der Waals surface area contributed by atoms with E-state index in [2.05, 4.69) is 24.9 Å². The van der Waals surface area contributed by atoms with Crippen LogP contribution in [0, 0.1) is 11.7 Å². The Morgan fingerprint density at radius 1 is 1.18 bits per heavy atom. The Morgan fingerprint density at radius 3 is 2.60 bits per heavy atom. The number of aromatic nitrogens is 2. The minimum atomic E-state index is -3.17. The SMILES string of the molecule is CCN(C(=O)c1cc(F)ccc1Oc1cncnc1N1CCC(NCC2CCC(NS(C)(=O)=O)CC2)C1)C(C)C. The Kier molecular flexibility index (Phi) is 9.96. The normalized spacial score (nSPS) is 21.6. The number of ether oxygens (including phenoxy) is 1. The van der Waals surface area contributed by atoms with Crippen LogP contribution >= 0.6 is 0 Å². The second kappa shape index (κ2) is 13.2. The van der Waals surface area contributed by atoms with Gasteiger partial charge in [-0.1, -0.05) is 0 Å². The lowest BCUT2D eigenvalue weighted by molar-refractivity contribution is 0.0713. The first kappa shape index (κ1) is 30.1. The molecule has 4 rings (SSSR count). The van der Waals surface area contributed by atoms with Gasteiger partial charge in [0.1, 0.15) is 17.9 Å². The fourth-order valence-electron chi connectivity index (χ4n) is 5.63. The fourth-order valence-corrected chi connectivity index (χ4v) is 6.48. The summed E-state index contributed by atoms with van der Waals surface area (Å²) in [7, 11) is -3.17. The number of hydrogen-bond acceptors (Lipinski definition) is 8. The molecule has 40 heavy (non-hydrogen) atoms. The maximum atomic E-state index is 14.2. The van der Waals surface area contributed by atoms with Crippen molar-refractivity contribution in [3.8, 4) is 11.5 Å². The number of amides is 1. The molecule has 2 heterocycles. The number of sulfonamides is 1. The third kappa shape index (κ3) is 7.88. The topological polar surface area (TPSA) is 117 Å². The zero-order valence-electron chi connectivity index (χ0n) is 23.8. The first-order chi connectivity index (χ1) is 19.0. The summed E-state index contributed by atoms with van der Waals surface area (Å²) in [6, 6.07) is 4.24. The van der Waals surface area contributed by atoms with Crippen LogP contribution in [0.2, 0.25) is 0 Å². The van der Waals surface area contributed by atoms with E-state index in [9.17, 15) is 17.6 Å². The first-order valence-corrected chi connectivity index (χ1v) is 16.0. The summed E-state index contributed by atoms with van der Waals surface area (Å²) in [4.78, 5) is 25.7. The van der Waals surface area contributed by atoms with Gasteiger partial charge in [-0.25, -0.2) is 27.5 Å². The Balaban J connectivity index is 1.38. The van der Waals surface area contributed by atoms with Gasteiger partial charge in [-0.05, 0) is 83.5 Å². The summed E-state index contributed by atoms with van der Waals surface area (Å²) in [6.45, 7) is 8.63. The predicted molar refractivity (Wildman–Crippen MR) is 153 cm³/mol. The quantitative estimate of drug-likeness (QED) is 0.417. The maximum Gasteiger partial charge on any atom is 0.257 e. The molecule has 1 unspecified atom stereocenters. The van der Waals surface area contributed by atoms with E-state index in [1.165, 1.54) is 30.8 Å². The van der Waals surface area contributed by atoms with Gasteiger partial charge in [-0.2, -0.15) is 0 Å². The van der Waals surface area contributed by atoms with Crippen LogP contribution in [0.4, 0.5) is 10.2 Å². The predicted octanol–water partition coefficient (Wildman–Crippen LogP) is 3.55. The molecule has 1 saturated carbocycles. The molecule has 1 aromatic carbocycles. The van der Waals surface area contributed by atoms with Crippen LogP contribution in [0.25, 0.3) is 0 Å². The van der Waals surface area contributed by atoms with E-state index in [-0.39, 0.29) is 35.3 Å². The third-order valence-corrected chi connectivity index (χ3v) is 8.45. The van der Waals surface area contributed by atoms with Gasteiger partial charge < -0.3 is 19.9 Å². The van der Waals surface area contributed by atoms with Gasteiger partial charge in [0.2, 0.25) is 10.0 Å². The van der Waals surface area contributed by atoms with Gasteiger partial charge >= 0.3 is 0 Å². The number of nitrogens with one attached hydrogen (secondary N) is 2. The lowest BCUT2D eigenvalue weighted by Gasteiger charge is -2.29. The van der Waals surface area contributed by atoms with Gasteiger partial charge in [-0.3, -0.25) is 4.79 Å². The lowest BCUT2D eigenvalue weighted by atomic mass is 9.86. The van der Waals surface area contributed by atoms with Crippen LogP contribution in [-0.4, -0.2) is 79.8 Å². The molecule has 1 aromatic heterocycles. The summed E-state index contributed by atoms with van der Waals surface area (Å²) >= 11 is 0. The number of hydrogen-bond donors (Lipinski definition) is 2. The van der Waals surface area contributed by atoms with E-state index < -0.39 is 15.8 Å². The Hall–Kier alpha value is -2.83. The van der Waals surface area contributed by atoms with Crippen molar-refractivity contribution in [2.24, 2.45) is 5.92 Å². The van der Waals surface area contributed by atoms with Crippen LogP contribution in [0.3, 0.4) is 0 Å². The van der Waals surface area contributed by atoms with Crippen LogP contribution in [-0.2, 0) is 10.0 Å². The van der Waals surface area contributed by atoms with Gasteiger partial charge in [0.15, 0.2) is 11.6 Å². The number of carbonyl (C=O) groups excluding carboxylic acids is 1. The number of halogens is 1. The van der Waals surface area contributed by atoms with Crippen molar-refractivity contribution in [1.29, 1.82) is 0 Å². The summed E-state index contributed by atoms with van der Waals surface area (Å²) in [5, 5.41) is 3.69. The van der Waals surface area contributed by atoms with E-state index in [1.54, 1.807) is 11.1 Å². The zero-order valence-corrected chi connectivity index (χ0v) is 24.6. The van der Waals surface area contributed by atoms with E-state index in [0.29, 0.717) is 24.0 Å². The number of rotatable bonds is 11. The molecular formula is C28H41FN6O4S. The van der Waals surface area contributed by atoms with Crippen molar-refractivity contribution < 1.29 is 22.3 Å². The van der Waals surface area contributed by atoms with Crippen molar-refractivity contribution in [2.45, 2.75) is 71.0 Å². The van der Waals surface area contributed by atoms with Crippen LogP contribution < -0.4 is 19.7 Å². The molecule has 2 aliphatic rings. The molecule has 0 bridgehead atoms. The molecule has 220 valence electrons. The van der Waals surface area contributed by atoms with Gasteiger partial charge in [0.25, 0.3) is 5.91 Å². The van der Waals surface area contributed by atoms with Gasteiger partial charge in [0, 0.05) is 37.8 Å². The average molecular weight is 577 g/mol. The molecule has 1 aliphatic carbocycles. The highest BCUT2D eigenvalue weighted by molar-refractivity contribution is 7.88. The maximum absolute atomic E-state index is 14.2. The highest BCUT2D eigenvalue weighted by atomic mass is 32.2. The standard InChI is InChI=1S/C28H41FN6O4S/c1-5-35(19(2)3)28(36)24-14-21(29)8-11-25(24)39-26-16-30-18-32-27(26)34-13-12-23(17-34)31-15-20-6-9-22(10-7-20)33-40(4,37)38/h8,11,14,16,18-20,22-23,31,33H,5-7,9-10,12-13,15,17H2,1-4H3. The Morgan fingerprint density at radius 2 is 1.93 bits per heavy atom. The third-order valence-electron chi connectivity index (χ3n) is 7.69. The minimum Gasteiger partial charge on any atom is -0.451 e. The highest BCUT2D eigenvalue weighted by Crippen LogP contribution is 2.34. The summed E-state index contributed by atoms with van der Waals surface area (Å²) < 4.78 is 46.1. The van der Waals surface area contributed by atoms with Crippen molar-refractivity contribution in [3.05, 3.63) is 42.1 Å². The van der Waals surface area contributed by atoms with Crippen molar-refractivity contribution >= 4 is 21.7 Å². The summed E-state index contributed by atoms with van der Waals surface area (Å²) in [5.74, 6) is 1.02. The second-order valence-electron chi connectivity index (χ2n) is 11.1. The summed E-state index contributed by atoms with van der Waals surface area (Å²) in [5.41, 5.74) is 0.160. The van der Waals surface area contributed by atoms with E-state index in [4.69, 9.17) is 4.74 Å². The molecule has 0 radical (unpaired) electrons. The molecule has 0 spiro atoms. The molecule has 1 atom stereocenters. The van der Waals surface area contributed by atoms with Gasteiger partial charge in [0.05, 0.1) is 18.0 Å². The van der Waals surface area contributed by atoms with Crippen molar-refractivity contribution in [2.75, 3.05) is 37.3 Å². The van der Waals surface area contributed by atoms with Crippen LogP contribution in [0.15, 0.2) is 30.7 Å². The first-order valence-electron chi connectivity index (χ1n) is 14.1. The average Bonchev–Trinajstić information content (AvgIpc) is 3.38. The largest absolute Gasteiger partial charge is 0.451 e. The molecule has 2 N–H and O–H groups in total. The zero-order chi connectivity index (χ0) is 28.9. The molecule has 2 fully saturated rings. The minimum absolute atomic E-state index is 0.0387. The molecular weight excluding hydrogens is 535 g/mol. The van der Waals surface area contributed by atoms with E-state index in [1.807, 2.05) is 20.8 Å². The molecule has 12 heteroatoms. The monoisotopic (exact) mass is 576 g/mol. The molecule has 10 nitrogen and oxygen atoms in total. The Labute approximate surface area is 236 Å². The van der Waals surface area contributed by atoms with Crippen LogP contribution in [0.5, 0.6) is 11.5 Å². The number of benzene rings is 1. The number of carbonyl (C=O) groups is 1. The van der Waals surface area contributed by atoms with Gasteiger partial charge in [-0.15, -0.1) is 0 Å². The van der Waals surface area contributed by atoms with Crippen molar-refractivity contribution in [3.63, 3.8) is 0 Å². The van der Waals surface area contributed by atoms with Crippen molar-refractivity contribution in [1.82, 2.24) is 24.9 Å².